The van der Waals surface area contributed by atoms with Gasteiger partial charge in [0, 0.05) is 13.0 Å². The molecule has 1 fully saturated rings. The summed E-state index contributed by atoms with van der Waals surface area (Å²) in [6.45, 7) is 2.30. The van der Waals surface area contributed by atoms with Crippen molar-refractivity contribution in [3.8, 4) is 0 Å². The average molecular weight is 302 g/mol. The van der Waals surface area contributed by atoms with Gasteiger partial charge >= 0.3 is 5.97 Å². The van der Waals surface area contributed by atoms with Gasteiger partial charge in [0.25, 0.3) is 0 Å². The summed E-state index contributed by atoms with van der Waals surface area (Å²) < 4.78 is 5.92. The van der Waals surface area contributed by atoms with E-state index in [2.05, 4.69) is 15.9 Å². The van der Waals surface area contributed by atoms with Crippen molar-refractivity contribution >= 4 is 27.8 Å². The first-order valence-corrected chi connectivity index (χ1v) is 6.11. The maximum atomic E-state index is 11.7. The highest BCUT2D eigenvalue weighted by Gasteiger charge is 2.45. The summed E-state index contributed by atoms with van der Waals surface area (Å²) in [4.78, 5) is 24.4. The Morgan fingerprint density at radius 2 is 2.35 bits per heavy atom. The zero-order valence-electron chi connectivity index (χ0n) is 9.22. The largest absolute Gasteiger partial charge is 0.481 e. The van der Waals surface area contributed by atoms with Gasteiger partial charge in [-0.3, -0.25) is 9.59 Å². The first kappa shape index (κ1) is 12.2. The zero-order valence-corrected chi connectivity index (χ0v) is 10.8. The first-order valence-electron chi connectivity index (χ1n) is 5.32. The minimum atomic E-state index is -0.966. The van der Waals surface area contributed by atoms with Gasteiger partial charge in [0.1, 0.15) is 11.8 Å². The number of aliphatic carboxylic acids is 1. The van der Waals surface area contributed by atoms with Crippen LogP contribution in [0.15, 0.2) is 21.2 Å². The molecule has 0 spiro atoms. The summed E-state index contributed by atoms with van der Waals surface area (Å²) in [5.74, 6) is -1.33. The number of carbonyl (C=O) groups excluding carboxylic acids is 1. The molecule has 1 amide bonds. The van der Waals surface area contributed by atoms with Gasteiger partial charge in [0.05, 0.1) is 5.92 Å². The first-order chi connectivity index (χ1) is 8.04. The number of likely N-dealkylation sites (tertiary alicyclic amines) is 1. The molecule has 1 aromatic rings. The molecule has 1 N–H and O–H groups in total. The minimum Gasteiger partial charge on any atom is -0.481 e. The Hall–Kier alpha value is -1.30. The number of carbonyl (C=O) groups is 2. The van der Waals surface area contributed by atoms with Crippen molar-refractivity contribution in [1.82, 2.24) is 4.90 Å². The van der Waals surface area contributed by atoms with Crippen molar-refractivity contribution in [2.45, 2.75) is 19.4 Å². The fourth-order valence-corrected chi connectivity index (χ4v) is 2.54. The third-order valence-electron chi connectivity index (χ3n) is 2.98. The molecule has 5 nitrogen and oxygen atoms in total. The van der Waals surface area contributed by atoms with Crippen LogP contribution in [0.3, 0.4) is 0 Å². The molecule has 0 bridgehead atoms. The number of rotatable bonds is 3. The van der Waals surface area contributed by atoms with Crippen molar-refractivity contribution < 1.29 is 19.1 Å². The second-order valence-corrected chi connectivity index (χ2v) is 4.70. The van der Waals surface area contributed by atoms with Crippen LogP contribution in [0.25, 0.3) is 0 Å². The number of amides is 1. The molecule has 2 atom stereocenters. The molecule has 17 heavy (non-hydrogen) atoms. The molecule has 1 aliphatic heterocycles. The molecular formula is C11H12BrNO4. The molecule has 6 heteroatoms. The summed E-state index contributed by atoms with van der Waals surface area (Å²) in [5.41, 5.74) is 0. The van der Waals surface area contributed by atoms with Crippen LogP contribution in [0.2, 0.25) is 0 Å². The number of hydrogen-bond acceptors (Lipinski definition) is 3. The number of furan rings is 1. The smallest absolute Gasteiger partial charge is 0.309 e. The predicted molar refractivity (Wildman–Crippen MR) is 62.3 cm³/mol. The van der Waals surface area contributed by atoms with Crippen molar-refractivity contribution in [1.29, 1.82) is 0 Å². The molecule has 0 saturated carbocycles. The van der Waals surface area contributed by atoms with Crippen LogP contribution in [-0.4, -0.2) is 28.4 Å². The van der Waals surface area contributed by atoms with Crippen molar-refractivity contribution in [2.24, 2.45) is 5.92 Å². The highest BCUT2D eigenvalue weighted by atomic mass is 79.9. The molecule has 0 radical (unpaired) electrons. The van der Waals surface area contributed by atoms with Crippen LogP contribution in [0.4, 0.5) is 0 Å². The quantitative estimate of drug-likeness (QED) is 0.927. The lowest BCUT2D eigenvalue weighted by Crippen LogP contribution is -2.30. The lowest BCUT2D eigenvalue weighted by molar-refractivity contribution is -0.142. The van der Waals surface area contributed by atoms with E-state index < -0.39 is 17.9 Å². The zero-order chi connectivity index (χ0) is 12.6. The van der Waals surface area contributed by atoms with Gasteiger partial charge in [-0.25, -0.2) is 0 Å². The minimum absolute atomic E-state index is 0.0339. The van der Waals surface area contributed by atoms with Gasteiger partial charge in [-0.1, -0.05) is 0 Å². The molecule has 2 unspecified atom stereocenters. The molecule has 2 heterocycles. The number of halogens is 1. The van der Waals surface area contributed by atoms with E-state index in [4.69, 9.17) is 9.52 Å². The lowest BCUT2D eigenvalue weighted by Gasteiger charge is -2.23. The Labute approximate surface area is 107 Å². The van der Waals surface area contributed by atoms with Crippen molar-refractivity contribution in [2.75, 3.05) is 6.54 Å². The van der Waals surface area contributed by atoms with E-state index in [-0.39, 0.29) is 12.3 Å². The summed E-state index contributed by atoms with van der Waals surface area (Å²) in [6.07, 6.45) is 0.0339. The Bertz CT molecular complexity index is 456. The maximum Gasteiger partial charge on any atom is 0.309 e. The summed E-state index contributed by atoms with van der Waals surface area (Å²) in [7, 11) is 0. The van der Waals surface area contributed by atoms with Gasteiger partial charge in [-0.2, -0.15) is 0 Å². The van der Waals surface area contributed by atoms with E-state index in [0.29, 0.717) is 17.0 Å². The van der Waals surface area contributed by atoms with Crippen LogP contribution in [0.5, 0.6) is 0 Å². The normalized spacial score (nSPS) is 24.4. The molecule has 2 rings (SSSR count). The average Bonchev–Trinajstić information content (AvgIpc) is 2.81. The molecule has 1 saturated heterocycles. The second-order valence-electron chi connectivity index (χ2n) is 3.92. The van der Waals surface area contributed by atoms with Crippen molar-refractivity contribution in [3.05, 3.63) is 22.6 Å². The van der Waals surface area contributed by atoms with Crippen LogP contribution in [0, 0.1) is 5.92 Å². The van der Waals surface area contributed by atoms with E-state index in [1.165, 1.54) is 0 Å². The van der Waals surface area contributed by atoms with E-state index in [9.17, 15) is 9.59 Å². The van der Waals surface area contributed by atoms with E-state index >= 15 is 0 Å². The number of nitrogens with zero attached hydrogens (tertiary/aromatic N) is 1. The van der Waals surface area contributed by atoms with Crippen molar-refractivity contribution in [3.63, 3.8) is 0 Å². The summed E-state index contributed by atoms with van der Waals surface area (Å²) in [5, 5.41) is 9.15. The molecule has 0 aromatic carbocycles. The topological polar surface area (TPSA) is 70.8 Å². The predicted octanol–water partition coefficient (Wildman–Crippen LogP) is 2.04. The van der Waals surface area contributed by atoms with Crippen LogP contribution >= 0.6 is 15.9 Å². The second kappa shape index (κ2) is 4.52. The molecule has 0 aliphatic carbocycles. The fourth-order valence-electron chi connectivity index (χ4n) is 2.22. The molecular weight excluding hydrogens is 290 g/mol. The Morgan fingerprint density at radius 3 is 2.82 bits per heavy atom. The monoisotopic (exact) mass is 301 g/mol. The van der Waals surface area contributed by atoms with E-state index in [0.717, 1.165) is 0 Å². The maximum absolute atomic E-state index is 11.7. The SMILES string of the molecule is CCN1C(=O)CC(C(=O)O)C1c1ccc(Br)o1. The molecule has 1 aliphatic rings. The lowest BCUT2D eigenvalue weighted by atomic mass is 9.98. The Morgan fingerprint density at radius 1 is 1.65 bits per heavy atom. The number of hydrogen-bond donors (Lipinski definition) is 1. The van der Waals surface area contributed by atoms with Gasteiger partial charge in [-0.15, -0.1) is 0 Å². The van der Waals surface area contributed by atoms with E-state index in [1.54, 1.807) is 17.0 Å². The van der Waals surface area contributed by atoms with Crippen LogP contribution in [-0.2, 0) is 9.59 Å². The van der Waals surface area contributed by atoms with E-state index in [1.807, 2.05) is 6.92 Å². The van der Waals surface area contributed by atoms with Gasteiger partial charge in [0.15, 0.2) is 4.67 Å². The standard InChI is InChI=1S/C11H12BrNO4/c1-2-13-9(14)5-6(11(15)16)10(13)7-3-4-8(12)17-7/h3-4,6,10H,2,5H2,1H3,(H,15,16). The molecule has 1 aromatic heterocycles. The van der Waals surface area contributed by atoms with Gasteiger partial charge < -0.3 is 14.4 Å². The third-order valence-corrected chi connectivity index (χ3v) is 3.40. The third kappa shape index (κ3) is 2.09. The van der Waals surface area contributed by atoms with Crippen LogP contribution < -0.4 is 0 Å². The van der Waals surface area contributed by atoms with Gasteiger partial charge in [0.2, 0.25) is 5.91 Å². The molecule has 92 valence electrons. The number of carboxylic acids is 1. The van der Waals surface area contributed by atoms with Gasteiger partial charge in [-0.05, 0) is 35.0 Å². The van der Waals surface area contributed by atoms with Crippen LogP contribution in [0.1, 0.15) is 25.1 Å². The summed E-state index contributed by atoms with van der Waals surface area (Å²) >= 11 is 3.18. The highest BCUT2D eigenvalue weighted by Crippen LogP contribution is 2.39. The fraction of sp³-hybridized carbons (Fsp3) is 0.455. The highest BCUT2D eigenvalue weighted by molar-refractivity contribution is 9.10. The summed E-state index contributed by atoms with van der Waals surface area (Å²) in [6, 6.07) is 2.90. The Balaban J connectivity index is 2.38. The number of carboxylic acid groups (broad SMARTS) is 1. The Kier molecular flexibility index (Phi) is 3.24.